The van der Waals surface area contributed by atoms with E-state index in [1.165, 1.54) is 28.4 Å². The van der Waals surface area contributed by atoms with Crippen LogP contribution in [-0.4, -0.2) is 68.5 Å². The van der Waals surface area contributed by atoms with Crippen LogP contribution in [0.1, 0.15) is 34.2 Å². The number of carboxylic acids is 2. The predicted octanol–water partition coefficient (Wildman–Crippen LogP) is 6.69. The Labute approximate surface area is 353 Å². The van der Waals surface area contributed by atoms with Crippen LogP contribution in [0.3, 0.4) is 0 Å². The molecule has 5 aromatic rings. The number of nitrogens with one attached hydrogen (secondary N) is 1. The van der Waals surface area contributed by atoms with Gasteiger partial charge >= 0.3 is 18.0 Å². The van der Waals surface area contributed by atoms with E-state index < -0.39 is 64.9 Å². The molecular weight excluding hydrogens is 832 g/mol. The Kier molecular flexibility index (Phi) is 17.7. The molecule has 0 aliphatic heterocycles. The molecule has 1 amide bonds. The molecule has 5 aromatic carbocycles. The van der Waals surface area contributed by atoms with Gasteiger partial charge in [0, 0.05) is 0 Å². The fourth-order valence-corrected chi connectivity index (χ4v) is 7.26. The van der Waals surface area contributed by atoms with Crippen molar-refractivity contribution in [3.05, 3.63) is 155 Å². The van der Waals surface area contributed by atoms with Crippen molar-refractivity contribution < 1.29 is 71.3 Å². The van der Waals surface area contributed by atoms with Crippen LogP contribution in [0, 0.1) is 0 Å². The molecule has 0 saturated heterocycles. The van der Waals surface area contributed by atoms with Crippen molar-refractivity contribution in [3.63, 3.8) is 0 Å². The van der Waals surface area contributed by atoms with Crippen molar-refractivity contribution in [2.75, 3.05) is 28.4 Å². The summed E-state index contributed by atoms with van der Waals surface area (Å²) in [5.41, 5.74) is -1.79. The molecule has 18 heteroatoms. The molecule has 322 valence electrons. The van der Waals surface area contributed by atoms with Crippen LogP contribution in [0.15, 0.2) is 127 Å². The number of carboxylic acid groups (broad SMARTS) is 2. The van der Waals surface area contributed by atoms with Gasteiger partial charge in [-0.2, -0.15) is 0 Å². The highest BCUT2D eigenvalue weighted by atomic mass is 31.1. The highest BCUT2D eigenvalue weighted by Gasteiger charge is 2.56. The Morgan fingerprint density at radius 2 is 0.902 bits per heavy atom. The van der Waals surface area contributed by atoms with Crippen LogP contribution in [0.2, 0.25) is 0 Å². The largest absolute Gasteiger partial charge is 0.497 e. The second-order valence-electron chi connectivity index (χ2n) is 12.7. The zero-order chi connectivity index (χ0) is 44.4. The van der Waals surface area contributed by atoms with Gasteiger partial charge in [0.25, 0.3) is 0 Å². The highest BCUT2D eigenvalue weighted by Crippen LogP contribution is 2.49. The number of ketones is 1. The number of methoxy groups -OCH3 is 4. The van der Waals surface area contributed by atoms with Gasteiger partial charge in [-0.1, -0.05) is 78.9 Å². The lowest BCUT2D eigenvalue weighted by Crippen LogP contribution is -2.51. The van der Waals surface area contributed by atoms with Crippen molar-refractivity contribution in [2.24, 2.45) is 0 Å². The Balaban J connectivity index is 0.000000361. The summed E-state index contributed by atoms with van der Waals surface area (Å²) in [5.74, 6) is -1.26. The fourth-order valence-electron chi connectivity index (χ4n) is 6.21. The second kappa shape index (κ2) is 22.8. The molecule has 2 unspecified atom stereocenters. The van der Waals surface area contributed by atoms with Gasteiger partial charge in [0.15, 0.2) is 28.6 Å². The molecule has 0 spiro atoms. The number of benzene rings is 5. The van der Waals surface area contributed by atoms with E-state index in [9.17, 15) is 23.5 Å². The first kappa shape index (κ1) is 47.2. The third kappa shape index (κ3) is 11.6. The summed E-state index contributed by atoms with van der Waals surface area (Å²) in [6.07, 6.45) is -1.69. The van der Waals surface area contributed by atoms with Gasteiger partial charge < -0.3 is 48.3 Å². The smallest absolute Gasteiger partial charge is 0.408 e. The van der Waals surface area contributed by atoms with Crippen molar-refractivity contribution in [2.45, 2.75) is 30.3 Å². The third-order valence-corrected chi connectivity index (χ3v) is 10.2. The summed E-state index contributed by atoms with van der Waals surface area (Å²) in [7, 11) is 2.24. The van der Waals surface area contributed by atoms with Crippen LogP contribution < -0.4 is 24.3 Å². The maximum atomic E-state index is 15.5. The maximum absolute atomic E-state index is 15.5. The van der Waals surface area contributed by atoms with Crippen LogP contribution in [-0.2, 0) is 55.1 Å². The summed E-state index contributed by atoms with van der Waals surface area (Å²) in [4.78, 5) is 47.9. The van der Waals surface area contributed by atoms with E-state index in [-0.39, 0.29) is 6.61 Å². The number of carbonyl (C=O) groups is 4. The number of amides is 1. The second-order valence-corrected chi connectivity index (χ2v) is 13.6. The van der Waals surface area contributed by atoms with Crippen LogP contribution in [0.5, 0.6) is 23.0 Å². The number of carbonyl (C=O) groups excluding carboxylic acids is 2. The van der Waals surface area contributed by atoms with E-state index in [0.717, 1.165) is 5.56 Å². The summed E-state index contributed by atoms with van der Waals surface area (Å²) in [6, 6.07) is 34.0. The maximum Gasteiger partial charge on any atom is 0.408 e. The summed E-state index contributed by atoms with van der Waals surface area (Å²) < 4.78 is 63.3. The standard InChI is InChI=1S/C31H32O9P2.C12H13NO6/c1-35-25-13-5-21(6-14-25)30(39-41-33,22-7-15-26(36-2)16-8-22)29(32)31(40-42-34,23-9-17-27(37-3)18-10-23)24-11-19-28(38-4)20-12-24;14-10(15)6-9(11(16)17)13-12(18)19-7-8-4-2-1-3-5-8/h5-20H,41-42H2,1-4H3;1-5,9H,6-7H2,(H,13,18)(H,14,15)(H,16,17)/t;9-/m.0/s1. The van der Waals surface area contributed by atoms with E-state index in [2.05, 4.69) is 0 Å². The monoisotopic (exact) mass is 877 g/mol. The summed E-state index contributed by atoms with van der Waals surface area (Å²) in [5, 5.41) is 19.2. The van der Waals surface area contributed by atoms with E-state index in [1.807, 2.05) is 5.32 Å². The van der Waals surface area contributed by atoms with Crippen molar-refractivity contribution >= 4 is 41.2 Å². The van der Waals surface area contributed by atoms with Gasteiger partial charge in [0.1, 0.15) is 35.6 Å². The molecular formula is C43H45NO15P2. The minimum absolute atomic E-state index is 0.0217. The zero-order valence-electron chi connectivity index (χ0n) is 33.5. The quantitative estimate of drug-likeness (QED) is 0.0694. The Hall–Kier alpha value is -6.44. The Bertz CT molecular complexity index is 2030. The van der Waals surface area contributed by atoms with Crippen molar-refractivity contribution in [3.8, 4) is 23.0 Å². The van der Waals surface area contributed by atoms with Gasteiger partial charge in [0.05, 0.1) is 34.9 Å². The van der Waals surface area contributed by atoms with Crippen LogP contribution >= 0.6 is 17.4 Å². The average molecular weight is 878 g/mol. The minimum Gasteiger partial charge on any atom is -0.497 e. The van der Waals surface area contributed by atoms with E-state index in [0.29, 0.717) is 45.3 Å². The van der Waals surface area contributed by atoms with E-state index in [1.54, 1.807) is 127 Å². The summed E-state index contributed by atoms with van der Waals surface area (Å²) >= 11 is 0. The first-order valence-corrected chi connectivity index (χ1v) is 20.1. The van der Waals surface area contributed by atoms with Gasteiger partial charge in [-0.3, -0.25) is 18.7 Å². The number of hydrogen-bond donors (Lipinski definition) is 3. The lowest BCUT2D eigenvalue weighted by Gasteiger charge is -2.41. The third-order valence-electron chi connectivity index (χ3n) is 9.26. The topological polar surface area (TPSA) is 220 Å². The molecule has 61 heavy (non-hydrogen) atoms. The number of hydrogen-bond acceptors (Lipinski definition) is 13. The van der Waals surface area contributed by atoms with Gasteiger partial charge in [-0.15, -0.1) is 0 Å². The first-order chi connectivity index (χ1) is 29.4. The first-order valence-electron chi connectivity index (χ1n) is 18.2. The van der Waals surface area contributed by atoms with Gasteiger partial charge in [-0.05, 0) is 76.3 Å². The molecule has 0 heterocycles. The van der Waals surface area contributed by atoms with Crippen LogP contribution in [0.4, 0.5) is 4.79 Å². The van der Waals surface area contributed by atoms with Gasteiger partial charge in [-0.25, -0.2) is 9.59 Å². The number of Topliss-reactive ketones (excluding diaryl/α,β-unsaturated/α-hetero) is 1. The SMILES string of the molecule is COc1ccc(C(O[PH2]=O)(C(=O)C(O[PH2]=O)(c2ccc(OC)cc2)c2ccc(OC)cc2)c2ccc(OC)cc2)cc1.O=C(O)C[C@H](NC(=O)OCc1ccccc1)C(=O)O. The molecule has 16 nitrogen and oxygen atoms in total. The molecule has 3 atom stereocenters. The molecule has 0 radical (unpaired) electrons. The highest BCUT2D eigenvalue weighted by molar-refractivity contribution is 7.17. The van der Waals surface area contributed by atoms with Crippen molar-refractivity contribution in [1.29, 1.82) is 0 Å². The lowest BCUT2D eigenvalue weighted by atomic mass is 9.71. The normalized spacial score (nSPS) is 11.9. The molecule has 0 aliphatic rings. The Morgan fingerprint density at radius 1 is 0.557 bits per heavy atom. The molecule has 0 aliphatic carbocycles. The molecule has 0 aromatic heterocycles. The average Bonchev–Trinajstić information content (AvgIpc) is 3.29. The number of aliphatic carboxylic acids is 2. The fraction of sp³-hybridized carbons (Fsp3) is 0.209. The number of alkyl carbamates (subject to hydrolysis) is 1. The number of ether oxygens (including phenoxy) is 5. The van der Waals surface area contributed by atoms with E-state index >= 15 is 4.79 Å². The predicted molar refractivity (Wildman–Crippen MR) is 225 cm³/mol. The van der Waals surface area contributed by atoms with Crippen LogP contribution in [0.25, 0.3) is 0 Å². The molecule has 0 fully saturated rings. The number of rotatable bonds is 20. The zero-order valence-corrected chi connectivity index (χ0v) is 35.8. The van der Waals surface area contributed by atoms with E-state index in [4.69, 9.17) is 42.9 Å². The summed E-state index contributed by atoms with van der Waals surface area (Å²) in [6.45, 7) is -0.0217. The lowest BCUT2D eigenvalue weighted by molar-refractivity contribution is -0.145. The van der Waals surface area contributed by atoms with Gasteiger partial charge in [0.2, 0.25) is 5.78 Å². The molecule has 0 bridgehead atoms. The molecule has 3 N–H and O–H groups in total. The van der Waals surface area contributed by atoms with Crippen molar-refractivity contribution in [1.82, 2.24) is 5.32 Å². The Morgan fingerprint density at radius 3 is 1.18 bits per heavy atom. The minimum atomic E-state index is -1.98. The molecule has 5 rings (SSSR count). The molecule has 0 saturated carbocycles.